The molecule has 3 aromatic rings. The zero-order chi connectivity index (χ0) is 25.7. The van der Waals surface area contributed by atoms with Gasteiger partial charge in [-0.3, -0.25) is 10.1 Å². The molecular formula is C24H22ClFN4O5. The number of methoxy groups -OCH3 is 2. The fourth-order valence-corrected chi connectivity index (χ4v) is 3.62. The highest BCUT2D eigenvalue weighted by molar-refractivity contribution is 6.32. The number of nitro groups is 1. The van der Waals surface area contributed by atoms with Gasteiger partial charge in [0, 0.05) is 23.7 Å². The average molecular weight is 501 g/mol. The molecule has 1 N–H and O–H groups in total. The van der Waals surface area contributed by atoms with Crippen molar-refractivity contribution in [2.75, 3.05) is 19.5 Å². The molecule has 0 amide bonds. The highest BCUT2D eigenvalue weighted by atomic mass is 35.5. The molecule has 0 fully saturated rings. The molecule has 3 rings (SSSR count). The molecule has 0 atom stereocenters. The molecule has 0 aliphatic heterocycles. The first-order valence-corrected chi connectivity index (χ1v) is 10.7. The fourth-order valence-electron chi connectivity index (χ4n) is 3.40. The lowest BCUT2D eigenvalue weighted by atomic mass is 10.0. The second-order valence-electron chi connectivity index (χ2n) is 7.53. The molecule has 0 bridgehead atoms. The monoisotopic (exact) mass is 500 g/mol. The standard InChI is InChI=1S/C24H22ClFN4O5/c1-13(2)11-16-20(24(31)35-4)28-23(15-9-10-17(25)21(34-3)19(15)26)29-22(16)27-12-14-7-5-6-8-18(14)30(32)33/h5-10H,1,11-12H2,2-4H3,(H,27,28,29). The van der Waals surface area contributed by atoms with Crippen LogP contribution < -0.4 is 10.1 Å². The van der Waals surface area contributed by atoms with E-state index in [0.717, 1.165) is 0 Å². The summed E-state index contributed by atoms with van der Waals surface area (Å²) in [6, 6.07) is 8.98. The minimum absolute atomic E-state index is 0.00380. The lowest BCUT2D eigenvalue weighted by Gasteiger charge is -2.17. The molecule has 0 radical (unpaired) electrons. The molecule has 0 aliphatic carbocycles. The summed E-state index contributed by atoms with van der Waals surface area (Å²) in [6.07, 6.45) is 0.205. The van der Waals surface area contributed by atoms with E-state index in [1.165, 1.54) is 32.4 Å². The average Bonchev–Trinajstić information content (AvgIpc) is 2.83. The molecule has 0 saturated carbocycles. The lowest BCUT2D eigenvalue weighted by molar-refractivity contribution is -0.385. The summed E-state index contributed by atoms with van der Waals surface area (Å²) in [5, 5.41) is 14.5. The number of carbonyl (C=O) groups is 1. The Kier molecular flexibility index (Phi) is 7.98. The largest absolute Gasteiger partial charge is 0.492 e. The van der Waals surface area contributed by atoms with Crippen molar-refractivity contribution in [2.24, 2.45) is 0 Å². The summed E-state index contributed by atoms with van der Waals surface area (Å²) in [6.45, 7) is 5.64. The van der Waals surface area contributed by atoms with Crippen molar-refractivity contribution in [2.45, 2.75) is 19.9 Å². The molecule has 0 saturated heterocycles. The van der Waals surface area contributed by atoms with Gasteiger partial charge in [0.1, 0.15) is 5.82 Å². The number of rotatable bonds is 9. The summed E-state index contributed by atoms with van der Waals surface area (Å²) < 4.78 is 25.1. The third-order valence-electron chi connectivity index (χ3n) is 4.99. The van der Waals surface area contributed by atoms with E-state index in [-0.39, 0.29) is 52.3 Å². The van der Waals surface area contributed by atoms with E-state index < -0.39 is 16.7 Å². The van der Waals surface area contributed by atoms with Gasteiger partial charge < -0.3 is 14.8 Å². The first kappa shape index (κ1) is 25.6. The molecular weight excluding hydrogens is 479 g/mol. The van der Waals surface area contributed by atoms with Crippen LogP contribution in [0.25, 0.3) is 11.4 Å². The molecule has 0 spiro atoms. The van der Waals surface area contributed by atoms with Gasteiger partial charge in [-0.25, -0.2) is 19.2 Å². The van der Waals surface area contributed by atoms with Crippen molar-refractivity contribution in [3.05, 3.63) is 86.3 Å². The van der Waals surface area contributed by atoms with Crippen LogP contribution in [0.5, 0.6) is 5.75 Å². The van der Waals surface area contributed by atoms with Gasteiger partial charge in [-0.05, 0) is 25.5 Å². The zero-order valence-corrected chi connectivity index (χ0v) is 20.0. The maximum atomic E-state index is 15.2. The Bertz CT molecular complexity index is 1320. The van der Waals surface area contributed by atoms with Gasteiger partial charge >= 0.3 is 5.97 Å². The van der Waals surface area contributed by atoms with Crippen LogP contribution in [0.15, 0.2) is 48.6 Å². The van der Waals surface area contributed by atoms with Crippen LogP contribution in [-0.4, -0.2) is 35.1 Å². The van der Waals surface area contributed by atoms with Crippen LogP contribution in [0.1, 0.15) is 28.5 Å². The molecule has 182 valence electrons. The van der Waals surface area contributed by atoms with Gasteiger partial charge in [0.2, 0.25) is 0 Å². The van der Waals surface area contributed by atoms with E-state index >= 15 is 4.39 Å². The van der Waals surface area contributed by atoms with E-state index in [9.17, 15) is 14.9 Å². The van der Waals surface area contributed by atoms with Crippen LogP contribution in [0, 0.1) is 15.9 Å². The zero-order valence-electron chi connectivity index (χ0n) is 19.2. The second kappa shape index (κ2) is 10.9. The Hall–Kier alpha value is -4.05. The van der Waals surface area contributed by atoms with E-state index in [0.29, 0.717) is 16.7 Å². The van der Waals surface area contributed by atoms with E-state index in [1.54, 1.807) is 25.1 Å². The van der Waals surface area contributed by atoms with Gasteiger partial charge in [0.25, 0.3) is 5.69 Å². The quantitative estimate of drug-likeness (QED) is 0.180. The summed E-state index contributed by atoms with van der Waals surface area (Å²) >= 11 is 6.01. The first-order chi connectivity index (χ1) is 16.7. The summed E-state index contributed by atoms with van der Waals surface area (Å²) in [7, 11) is 2.46. The smallest absolute Gasteiger partial charge is 0.357 e. The maximum Gasteiger partial charge on any atom is 0.357 e. The number of benzene rings is 2. The SMILES string of the molecule is C=C(C)Cc1c(NCc2ccccc2[N+](=O)[O-])nc(-c2ccc(Cl)c(OC)c2F)nc1C(=O)OC. The van der Waals surface area contributed by atoms with E-state index in [1.807, 2.05) is 0 Å². The van der Waals surface area contributed by atoms with Gasteiger partial charge in [0.15, 0.2) is 23.1 Å². The number of allylic oxidation sites excluding steroid dienone is 1. The second-order valence-corrected chi connectivity index (χ2v) is 7.94. The normalized spacial score (nSPS) is 10.5. The lowest BCUT2D eigenvalue weighted by Crippen LogP contribution is -2.16. The van der Waals surface area contributed by atoms with E-state index in [4.69, 9.17) is 21.1 Å². The minimum atomic E-state index is -0.812. The Balaban J connectivity index is 2.20. The molecule has 1 heterocycles. The number of para-hydroxylation sites is 1. The molecule has 35 heavy (non-hydrogen) atoms. The van der Waals surface area contributed by atoms with Crippen molar-refractivity contribution in [3.63, 3.8) is 0 Å². The van der Waals surface area contributed by atoms with Crippen molar-refractivity contribution in [1.29, 1.82) is 0 Å². The molecule has 9 nitrogen and oxygen atoms in total. The Morgan fingerprint density at radius 3 is 2.57 bits per heavy atom. The number of ether oxygens (including phenoxy) is 2. The van der Waals surface area contributed by atoms with E-state index in [2.05, 4.69) is 21.9 Å². The van der Waals surface area contributed by atoms with Gasteiger partial charge in [0.05, 0.1) is 29.7 Å². The number of halogens is 2. The highest BCUT2D eigenvalue weighted by Gasteiger charge is 2.25. The maximum absolute atomic E-state index is 15.2. The number of nitro benzene ring substituents is 1. The topological polar surface area (TPSA) is 116 Å². The molecule has 2 aromatic carbocycles. The predicted octanol–water partition coefficient (Wildman–Crippen LogP) is 5.37. The van der Waals surface area contributed by atoms with Crippen molar-refractivity contribution in [3.8, 4) is 17.1 Å². The summed E-state index contributed by atoms with van der Waals surface area (Å²) in [5.74, 6) is -1.74. The molecule has 0 unspecified atom stereocenters. The number of aromatic nitrogens is 2. The third kappa shape index (κ3) is 5.55. The number of nitrogens with one attached hydrogen (secondary N) is 1. The number of anilines is 1. The molecule has 0 aliphatic rings. The van der Waals surface area contributed by atoms with Crippen molar-refractivity contribution < 1.29 is 23.6 Å². The Labute approximate surface area is 205 Å². The van der Waals surface area contributed by atoms with Crippen LogP contribution in [0.2, 0.25) is 5.02 Å². The van der Waals surface area contributed by atoms with Gasteiger partial charge in [-0.1, -0.05) is 42.0 Å². The summed E-state index contributed by atoms with van der Waals surface area (Å²) in [4.78, 5) is 32.3. The number of esters is 1. The van der Waals surface area contributed by atoms with Gasteiger partial charge in [-0.2, -0.15) is 0 Å². The minimum Gasteiger partial charge on any atom is -0.492 e. The first-order valence-electron chi connectivity index (χ1n) is 10.3. The predicted molar refractivity (Wildman–Crippen MR) is 129 cm³/mol. The molecule has 11 heteroatoms. The van der Waals surface area contributed by atoms with Crippen molar-refractivity contribution in [1.82, 2.24) is 9.97 Å². The highest BCUT2D eigenvalue weighted by Crippen LogP contribution is 2.35. The number of carbonyl (C=O) groups excluding carboxylic acids is 1. The fraction of sp³-hybridized carbons (Fsp3) is 0.208. The number of nitrogens with zero attached hydrogens (tertiary/aromatic N) is 3. The van der Waals surface area contributed by atoms with Crippen LogP contribution in [0.4, 0.5) is 15.9 Å². The third-order valence-corrected chi connectivity index (χ3v) is 5.29. The van der Waals surface area contributed by atoms with Crippen molar-refractivity contribution >= 4 is 29.1 Å². The summed E-state index contributed by atoms with van der Waals surface area (Å²) in [5.41, 5.74) is 1.19. The Morgan fingerprint density at radius 2 is 1.94 bits per heavy atom. The number of hydrogen-bond acceptors (Lipinski definition) is 8. The van der Waals surface area contributed by atoms with Gasteiger partial charge in [-0.15, -0.1) is 0 Å². The Morgan fingerprint density at radius 1 is 1.23 bits per heavy atom. The van der Waals surface area contributed by atoms with Crippen LogP contribution in [0.3, 0.4) is 0 Å². The van der Waals surface area contributed by atoms with Crippen LogP contribution >= 0.6 is 11.6 Å². The van der Waals surface area contributed by atoms with Crippen LogP contribution in [-0.2, 0) is 17.7 Å². The molecule has 1 aromatic heterocycles. The number of hydrogen-bond donors (Lipinski definition) is 1.